The molecule has 48 heavy (non-hydrogen) atoms. The Bertz CT molecular complexity index is 2040. The molecule has 1 aliphatic carbocycles. The summed E-state index contributed by atoms with van der Waals surface area (Å²) < 4.78 is 7.47. The molecule has 12 heteroatoms. The highest BCUT2D eigenvalue weighted by atomic mass is 35.5. The molecule has 0 amide bonds. The molecule has 0 bridgehead atoms. The number of ether oxygens (including phenoxy) is 1. The minimum atomic E-state index is -0.249. The second-order valence-corrected chi connectivity index (χ2v) is 14.1. The van der Waals surface area contributed by atoms with Gasteiger partial charge in [0, 0.05) is 41.7 Å². The first-order valence-corrected chi connectivity index (χ1v) is 17.7. The summed E-state index contributed by atoms with van der Waals surface area (Å²) in [4.78, 5) is 8.52. The molecule has 1 saturated heterocycles. The third-order valence-corrected chi connectivity index (χ3v) is 10.9. The normalized spacial score (nSPS) is 17.6. The molecule has 8 rings (SSSR count). The molecule has 2 aromatic carbocycles. The topological polar surface area (TPSA) is 128 Å². The highest BCUT2D eigenvalue weighted by molar-refractivity contribution is 7.10. The smallest absolute Gasteiger partial charge is 0.110 e. The molecule has 2 N–H and O–H groups in total. The van der Waals surface area contributed by atoms with Crippen LogP contribution in [0.4, 0.5) is 11.4 Å². The van der Waals surface area contributed by atoms with Crippen molar-refractivity contribution in [1.82, 2.24) is 24.9 Å². The van der Waals surface area contributed by atoms with Crippen LogP contribution in [0.25, 0.3) is 10.9 Å². The SMILES string of the molecule is N#CCCC(Nc1c(C#N)cnc2c(Cl)cc(NC(c3cn(C4CC4)nn3)c3csc4c3CCN(C3COC3)C4)cc12)c1ccccc1. The molecule has 3 aromatic heterocycles. The number of hydrogen-bond donors (Lipinski definition) is 2. The van der Waals surface area contributed by atoms with Crippen LogP contribution in [0.3, 0.4) is 0 Å². The first kappa shape index (κ1) is 30.8. The highest BCUT2D eigenvalue weighted by Crippen LogP contribution is 2.41. The van der Waals surface area contributed by atoms with Gasteiger partial charge in [0.2, 0.25) is 0 Å². The number of anilines is 2. The fourth-order valence-corrected chi connectivity index (χ4v) is 8.17. The van der Waals surface area contributed by atoms with E-state index >= 15 is 0 Å². The van der Waals surface area contributed by atoms with Gasteiger partial charge in [-0.05, 0) is 59.9 Å². The Labute approximate surface area is 287 Å². The van der Waals surface area contributed by atoms with E-state index in [0.717, 1.165) is 67.9 Å². The summed E-state index contributed by atoms with van der Waals surface area (Å²) in [7, 11) is 0. The van der Waals surface area contributed by atoms with Crippen molar-refractivity contribution in [2.75, 3.05) is 30.4 Å². The number of nitrogens with zero attached hydrogens (tertiary/aromatic N) is 7. The number of hydrogen-bond acceptors (Lipinski definition) is 10. The summed E-state index contributed by atoms with van der Waals surface area (Å²) in [5.41, 5.74) is 6.91. The van der Waals surface area contributed by atoms with Crippen LogP contribution in [0, 0.1) is 22.7 Å². The minimum absolute atomic E-state index is 0.187. The Morgan fingerprint density at radius 1 is 1.10 bits per heavy atom. The van der Waals surface area contributed by atoms with Crippen LogP contribution in [-0.4, -0.2) is 50.7 Å². The Balaban J connectivity index is 1.18. The number of halogens is 1. The molecule has 5 heterocycles. The van der Waals surface area contributed by atoms with E-state index < -0.39 is 0 Å². The molecule has 3 aliphatic rings. The van der Waals surface area contributed by atoms with Crippen molar-refractivity contribution in [2.45, 2.75) is 62.8 Å². The second kappa shape index (κ2) is 13.2. The first-order chi connectivity index (χ1) is 23.6. The van der Waals surface area contributed by atoms with Crippen molar-refractivity contribution in [1.29, 1.82) is 10.5 Å². The lowest BCUT2D eigenvalue weighted by atomic mass is 9.95. The maximum Gasteiger partial charge on any atom is 0.110 e. The van der Waals surface area contributed by atoms with Gasteiger partial charge in [-0.2, -0.15) is 10.5 Å². The third-order valence-electron chi connectivity index (χ3n) is 9.62. The molecular formula is C36H34ClN9OS. The molecule has 2 fully saturated rings. The van der Waals surface area contributed by atoms with E-state index in [0.29, 0.717) is 46.7 Å². The average molecular weight is 676 g/mol. The van der Waals surface area contributed by atoms with Crippen molar-refractivity contribution >= 4 is 45.2 Å². The maximum absolute atomic E-state index is 10.2. The number of fused-ring (bicyclic) bond motifs is 2. The summed E-state index contributed by atoms with van der Waals surface area (Å²) >= 11 is 8.76. The van der Waals surface area contributed by atoms with E-state index in [-0.39, 0.29) is 12.1 Å². The van der Waals surface area contributed by atoms with E-state index in [9.17, 15) is 10.5 Å². The van der Waals surface area contributed by atoms with Gasteiger partial charge in [0.15, 0.2) is 0 Å². The van der Waals surface area contributed by atoms with Crippen molar-refractivity contribution in [2.24, 2.45) is 0 Å². The molecule has 0 radical (unpaired) electrons. The molecule has 10 nitrogen and oxygen atoms in total. The number of nitrogens with one attached hydrogen (secondary N) is 2. The van der Waals surface area contributed by atoms with Gasteiger partial charge in [-0.25, -0.2) is 4.68 Å². The standard InChI is InChI=1S/C36H34ClN9OS/c37-30-14-24(13-28-34(23(15-39)16-40-35(28)30)42-31(7-4-11-38)22-5-2-1-3-6-22)41-36(32-17-46(44-43-32)25-8-9-25)29-21-48-33-18-45(12-10-27(29)33)26-19-47-20-26/h1-3,5-6,13-14,16-17,21,25-26,31,36,41H,4,7-10,12,18-20H2,(H,40,42). The predicted molar refractivity (Wildman–Crippen MR) is 186 cm³/mol. The van der Waals surface area contributed by atoms with Crippen molar-refractivity contribution in [3.05, 3.63) is 98.1 Å². The minimum Gasteiger partial charge on any atom is -0.378 e. The van der Waals surface area contributed by atoms with E-state index in [1.807, 2.05) is 58.5 Å². The van der Waals surface area contributed by atoms with E-state index in [1.54, 1.807) is 6.20 Å². The van der Waals surface area contributed by atoms with E-state index in [1.165, 1.54) is 16.0 Å². The number of benzene rings is 2. The summed E-state index contributed by atoms with van der Waals surface area (Å²) in [5, 5.41) is 39.6. The molecule has 2 aliphatic heterocycles. The van der Waals surface area contributed by atoms with Crippen LogP contribution >= 0.6 is 22.9 Å². The van der Waals surface area contributed by atoms with Gasteiger partial charge in [0.25, 0.3) is 0 Å². The lowest BCUT2D eigenvalue weighted by molar-refractivity contribution is -0.0691. The molecule has 1 saturated carbocycles. The van der Waals surface area contributed by atoms with E-state index in [4.69, 9.17) is 16.3 Å². The lowest BCUT2D eigenvalue weighted by Crippen LogP contribution is -2.50. The van der Waals surface area contributed by atoms with Crippen LogP contribution in [0.15, 0.2) is 60.2 Å². The predicted octanol–water partition coefficient (Wildman–Crippen LogP) is 7.16. The zero-order chi connectivity index (χ0) is 32.6. The van der Waals surface area contributed by atoms with Gasteiger partial charge in [0.05, 0.1) is 71.4 Å². The Morgan fingerprint density at radius 2 is 1.96 bits per heavy atom. The summed E-state index contributed by atoms with van der Waals surface area (Å²) in [6, 6.07) is 19.0. The first-order valence-electron chi connectivity index (χ1n) is 16.4. The molecule has 2 unspecified atom stereocenters. The van der Waals surface area contributed by atoms with Crippen molar-refractivity contribution in [3.8, 4) is 12.1 Å². The Morgan fingerprint density at radius 3 is 2.71 bits per heavy atom. The fourth-order valence-electron chi connectivity index (χ4n) is 6.75. The number of rotatable bonds is 11. The quantitative estimate of drug-likeness (QED) is 0.150. The molecule has 2 atom stereocenters. The molecule has 5 aromatic rings. The molecule has 242 valence electrons. The number of nitriles is 2. The highest BCUT2D eigenvalue weighted by Gasteiger charge is 2.33. The second-order valence-electron chi connectivity index (χ2n) is 12.8. The van der Waals surface area contributed by atoms with Crippen molar-refractivity contribution in [3.63, 3.8) is 0 Å². The van der Waals surface area contributed by atoms with Gasteiger partial charge >= 0.3 is 0 Å². The average Bonchev–Trinajstić information content (AvgIpc) is 3.67. The fraction of sp³-hybridized carbons (Fsp3) is 0.361. The van der Waals surface area contributed by atoms with Crippen LogP contribution in [0.2, 0.25) is 5.02 Å². The van der Waals surface area contributed by atoms with Crippen LogP contribution in [0.1, 0.15) is 76.6 Å². The number of aromatic nitrogens is 4. The van der Waals surface area contributed by atoms with Gasteiger partial charge in [-0.1, -0.05) is 47.1 Å². The van der Waals surface area contributed by atoms with E-state index in [2.05, 4.69) is 54.5 Å². The lowest BCUT2D eigenvalue weighted by Gasteiger charge is -2.39. The van der Waals surface area contributed by atoms with Gasteiger partial charge in [-0.3, -0.25) is 9.88 Å². The van der Waals surface area contributed by atoms with Crippen molar-refractivity contribution < 1.29 is 4.74 Å². The third kappa shape index (κ3) is 5.99. The largest absolute Gasteiger partial charge is 0.378 e. The Kier molecular flexibility index (Phi) is 8.45. The zero-order valence-electron chi connectivity index (χ0n) is 26.3. The van der Waals surface area contributed by atoms with Crippen LogP contribution < -0.4 is 10.6 Å². The monoisotopic (exact) mass is 675 g/mol. The zero-order valence-corrected chi connectivity index (χ0v) is 27.8. The molecular weight excluding hydrogens is 642 g/mol. The molecule has 0 spiro atoms. The Hall–Kier alpha value is -4.52. The van der Waals surface area contributed by atoms with Gasteiger partial charge in [-0.15, -0.1) is 16.4 Å². The van der Waals surface area contributed by atoms with Gasteiger partial charge in [0.1, 0.15) is 11.8 Å². The number of pyridine rings is 1. The maximum atomic E-state index is 10.2. The van der Waals surface area contributed by atoms with Crippen LogP contribution in [-0.2, 0) is 17.7 Å². The summed E-state index contributed by atoms with van der Waals surface area (Å²) in [6.07, 6.45) is 7.79. The van der Waals surface area contributed by atoms with Gasteiger partial charge < -0.3 is 15.4 Å². The summed E-state index contributed by atoms with van der Waals surface area (Å²) in [6.45, 7) is 3.56. The number of thiophene rings is 1. The summed E-state index contributed by atoms with van der Waals surface area (Å²) in [5.74, 6) is 0. The van der Waals surface area contributed by atoms with Crippen LogP contribution in [0.5, 0.6) is 0 Å².